The van der Waals surface area contributed by atoms with Gasteiger partial charge in [0.25, 0.3) is 0 Å². The van der Waals surface area contributed by atoms with Gasteiger partial charge >= 0.3 is 0 Å². The highest BCUT2D eigenvalue weighted by Gasteiger charge is 2.15. The highest BCUT2D eigenvalue weighted by Crippen LogP contribution is 2.21. The first-order chi connectivity index (χ1) is 7.31. The first-order valence-corrected chi connectivity index (χ1v) is 5.26. The SMILES string of the molecule is CN1CCc2cccc(CNC=O)c2C1. The van der Waals surface area contributed by atoms with E-state index in [2.05, 4.69) is 35.5 Å². The summed E-state index contributed by atoms with van der Waals surface area (Å²) in [6, 6.07) is 6.35. The number of hydrogen-bond donors (Lipinski definition) is 1. The number of hydrogen-bond acceptors (Lipinski definition) is 2. The molecule has 0 saturated heterocycles. The average molecular weight is 204 g/mol. The van der Waals surface area contributed by atoms with Crippen molar-refractivity contribution in [3.8, 4) is 0 Å². The van der Waals surface area contributed by atoms with E-state index in [1.807, 2.05) is 0 Å². The molecular weight excluding hydrogens is 188 g/mol. The van der Waals surface area contributed by atoms with Gasteiger partial charge in [0, 0.05) is 19.6 Å². The van der Waals surface area contributed by atoms with Crippen LogP contribution in [0, 0.1) is 0 Å². The number of benzene rings is 1. The van der Waals surface area contributed by atoms with Crippen LogP contribution in [0.4, 0.5) is 0 Å². The summed E-state index contributed by atoms with van der Waals surface area (Å²) in [5.41, 5.74) is 4.06. The van der Waals surface area contributed by atoms with E-state index in [4.69, 9.17) is 0 Å². The van der Waals surface area contributed by atoms with Gasteiger partial charge in [-0.25, -0.2) is 0 Å². The molecule has 1 aliphatic rings. The van der Waals surface area contributed by atoms with Crippen molar-refractivity contribution in [2.24, 2.45) is 0 Å². The summed E-state index contributed by atoms with van der Waals surface area (Å²) in [6.45, 7) is 2.75. The number of nitrogens with one attached hydrogen (secondary N) is 1. The fraction of sp³-hybridized carbons (Fsp3) is 0.417. The van der Waals surface area contributed by atoms with Crippen LogP contribution in [-0.4, -0.2) is 24.9 Å². The van der Waals surface area contributed by atoms with Crippen molar-refractivity contribution in [2.75, 3.05) is 13.6 Å². The molecule has 1 heterocycles. The summed E-state index contributed by atoms with van der Waals surface area (Å²) in [5.74, 6) is 0. The average Bonchev–Trinajstić information content (AvgIpc) is 2.26. The lowest BCUT2D eigenvalue weighted by atomic mass is 9.95. The second kappa shape index (κ2) is 4.45. The fourth-order valence-electron chi connectivity index (χ4n) is 2.10. The minimum absolute atomic E-state index is 0.639. The number of amides is 1. The summed E-state index contributed by atoms with van der Waals surface area (Å²) in [5, 5.41) is 2.73. The van der Waals surface area contributed by atoms with E-state index in [1.54, 1.807) is 0 Å². The quantitative estimate of drug-likeness (QED) is 0.743. The largest absolute Gasteiger partial charge is 0.355 e. The van der Waals surface area contributed by atoms with E-state index in [9.17, 15) is 4.79 Å². The van der Waals surface area contributed by atoms with Crippen molar-refractivity contribution in [2.45, 2.75) is 19.5 Å². The number of rotatable bonds is 3. The van der Waals surface area contributed by atoms with Crippen molar-refractivity contribution < 1.29 is 4.79 Å². The molecule has 3 nitrogen and oxygen atoms in total. The van der Waals surface area contributed by atoms with Gasteiger partial charge in [-0.3, -0.25) is 4.79 Å². The highest BCUT2D eigenvalue weighted by atomic mass is 16.1. The van der Waals surface area contributed by atoms with Gasteiger partial charge in [0.2, 0.25) is 6.41 Å². The minimum atomic E-state index is 0.639. The Bertz CT molecular complexity index is 363. The molecule has 15 heavy (non-hydrogen) atoms. The van der Waals surface area contributed by atoms with Crippen LogP contribution >= 0.6 is 0 Å². The highest BCUT2D eigenvalue weighted by molar-refractivity contribution is 5.47. The van der Waals surface area contributed by atoms with Crippen LogP contribution in [0.5, 0.6) is 0 Å². The zero-order chi connectivity index (χ0) is 10.7. The van der Waals surface area contributed by atoms with Crippen LogP contribution in [0.1, 0.15) is 16.7 Å². The van der Waals surface area contributed by atoms with Crippen molar-refractivity contribution in [3.05, 3.63) is 34.9 Å². The molecule has 0 atom stereocenters. The molecule has 0 spiro atoms. The minimum Gasteiger partial charge on any atom is -0.355 e. The monoisotopic (exact) mass is 204 g/mol. The van der Waals surface area contributed by atoms with E-state index >= 15 is 0 Å². The predicted molar refractivity (Wildman–Crippen MR) is 59.4 cm³/mol. The molecule has 0 aromatic heterocycles. The molecule has 3 heteroatoms. The van der Waals surface area contributed by atoms with E-state index in [1.165, 1.54) is 16.7 Å². The second-order valence-corrected chi connectivity index (χ2v) is 4.04. The molecule has 1 aromatic carbocycles. The smallest absolute Gasteiger partial charge is 0.207 e. The van der Waals surface area contributed by atoms with Crippen LogP contribution in [0.25, 0.3) is 0 Å². The summed E-state index contributed by atoms with van der Waals surface area (Å²) < 4.78 is 0. The van der Waals surface area contributed by atoms with Gasteiger partial charge in [0.15, 0.2) is 0 Å². The van der Waals surface area contributed by atoms with Crippen LogP contribution < -0.4 is 5.32 Å². The molecule has 0 radical (unpaired) electrons. The van der Waals surface area contributed by atoms with Crippen LogP contribution in [-0.2, 0) is 24.3 Å². The Balaban J connectivity index is 2.26. The van der Waals surface area contributed by atoms with Crippen molar-refractivity contribution in [3.63, 3.8) is 0 Å². The van der Waals surface area contributed by atoms with Gasteiger partial charge in [0.05, 0.1) is 0 Å². The van der Waals surface area contributed by atoms with E-state index in [0.29, 0.717) is 6.54 Å². The van der Waals surface area contributed by atoms with E-state index < -0.39 is 0 Å². The molecule has 0 fully saturated rings. The van der Waals surface area contributed by atoms with Crippen LogP contribution in [0.15, 0.2) is 18.2 Å². The van der Waals surface area contributed by atoms with Crippen LogP contribution in [0.3, 0.4) is 0 Å². The van der Waals surface area contributed by atoms with Crippen LogP contribution in [0.2, 0.25) is 0 Å². The Kier molecular flexibility index (Phi) is 3.02. The number of likely N-dealkylation sites (N-methyl/N-ethyl adjacent to an activating group) is 1. The molecule has 0 bridgehead atoms. The second-order valence-electron chi connectivity index (χ2n) is 4.04. The topological polar surface area (TPSA) is 32.3 Å². The summed E-state index contributed by atoms with van der Waals surface area (Å²) in [7, 11) is 2.13. The van der Waals surface area contributed by atoms with Crippen molar-refractivity contribution >= 4 is 6.41 Å². The number of carbonyl (C=O) groups excluding carboxylic acids is 1. The number of carbonyl (C=O) groups is 1. The maximum absolute atomic E-state index is 10.3. The lowest BCUT2D eigenvalue weighted by Gasteiger charge is -2.26. The molecule has 0 aliphatic carbocycles. The van der Waals surface area contributed by atoms with Gasteiger partial charge in [-0.05, 0) is 30.2 Å². The van der Waals surface area contributed by atoms with E-state index in [-0.39, 0.29) is 0 Å². The summed E-state index contributed by atoms with van der Waals surface area (Å²) in [6.07, 6.45) is 1.87. The third kappa shape index (κ3) is 2.18. The molecule has 2 rings (SSSR count). The molecule has 1 N–H and O–H groups in total. The van der Waals surface area contributed by atoms with Crippen molar-refractivity contribution in [1.29, 1.82) is 0 Å². The summed E-state index contributed by atoms with van der Waals surface area (Å²) >= 11 is 0. The van der Waals surface area contributed by atoms with Gasteiger partial charge in [0.1, 0.15) is 0 Å². The lowest BCUT2D eigenvalue weighted by Crippen LogP contribution is -2.28. The third-order valence-electron chi connectivity index (χ3n) is 2.94. The van der Waals surface area contributed by atoms with Gasteiger partial charge in [-0.15, -0.1) is 0 Å². The summed E-state index contributed by atoms with van der Waals surface area (Å²) in [4.78, 5) is 12.6. The third-order valence-corrected chi connectivity index (χ3v) is 2.94. The number of nitrogens with zero attached hydrogens (tertiary/aromatic N) is 1. The standard InChI is InChI=1S/C12H16N2O/c1-14-6-5-10-3-2-4-11(7-13-9-15)12(10)8-14/h2-4,9H,5-8H2,1H3,(H,13,15). The Hall–Kier alpha value is -1.35. The Morgan fingerprint density at radius 3 is 3.20 bits per heavy atom. The van der Waals surface area contributed by atoms with Gasteiger partial charge in [-0.2, -0.15) is 0 Å². The molecule has 1 amide bonds. The molecule has 0 unspecified atom stereocenters. The maximum Gasteiger partial charge on any atom is 0.207 e. The lowest BCUT2D eigenvalue weighted by molar-refractivity contribution is -0.109. The molecular formula is C12H16N2O. The number of fused-ring (bicyclic) bond motifs is 1. The normalized spacial score (nSPS) is 15.8. The molecule has 0 saturated carbocycles. The zero-order valence-electron chi connectivity index (χ0n) is 8.99. The fourth-order valence-corrected chi connectivity index (χ4v) is 2.10. The van der Waals surface area contributed by atoms with Crippen molar-refractivity contribution in [1.82, 2.24) is 10.2 Å². The predicted octanol–water partition coefficient (Wildman–Crippen LogP) is 0.920. The Morgan fingerprint density at radius 1 is 1.53 bits per heavy atom. The molecule has 80 valence electrons. The maximum atomic E-state index is 10.3. The first kappa shape index (κ1) is 10.2. The van der Waals surface area contributed by atoms with Gasteiger partial charge < -0.3 is 10.2 Å². The van der Waals surface area contributed by atoms with E-state index in [0.717, 1.165) is 25.9 Å². The Labute approximate surface area is 90.1 Å². The molecule has 1 aliphatic heterocycles. The van der Waals surface area contributed by atoms with Gasteiger partial charge in [-0.1, -0.05) is 18.2 Å². The Morgan fingerprint density at radius 2 is 2.40 bits per heavy atom. The molecule has 1 aromatic rings. The first-order valence-electron chi connectivity index (χ1n) is 5.26. The zero-order valence-corrected chi connectivity index (χ0v) is 8.99.